The molecule has 1 aliphatic heterocycles. The lowest BCUT2D eigenvalue weighted by Gasteiger charge is -2.26. The quantitative estimate of drug-likeness (QED) is 0.277. The molecule has 3 heterocycles. The standard InChI is InChI=1S/C17H17FN4.C11H14O2.CH3NO/c1-12-9-15(13-3-2-4-14(18)10-13)21(11-12)17-6-5-16-19-7-8-22(16)20-17;1-8(2)7-13-10-6-4-5-9(3)11(10)12;2-1-3/h2-8,10,12,15H,9,11H2,1H3;4-6,12H,1,7H2,2-3H3;1H,(H2,2,3)/t12-,15+;;/m0../s1. The van der Waals surface area contributed by atoms with Gasteiger partial charge in [0, 0.05) is 18.9 Å². The van der Waals surface area contributed by atoms with Gasteiger partial charge in [-0.25, -0.2) is 13.9 Å². The van der Waals surface area contributed by atoms with Gasteiger partial charge in [0.2, 0.25) is 6.41 Å². The number of hydrogen-bond acceptors (Lipinski definition) is 6. The van der Waals surface area contributed by atoms with Gasteiger partial charge in [0.05, 0.1) is 6.04 Å². The first-order chi connectivity index (χ1) is 18.2. The maximum absolute atomic E-state index is 13.6. The Labute approximate surface area is 222 Å². The van der Waals surface area contributed by atoms with Gasteiger partial charge in [0.1, 0.15) is 18.2 Å². The first kappa shape index (κ1) is 28.2. The van der Waals surface area contributed by atoms with E-state index in [0.717, 1.165) is 41.1 Å². The van der Waals surface area contributed by atoms with E-state index < -0.39 is 0 Å². The highest BCUT2D eigenvalue weighted by Crippen LogP contribution is 2.38. The van der Waals surface area contributed by atoms with E-state index in [1.54, 1.807) is 28.9 Å². The summed E-state index contributed by atoms with van der Waals surface area (Å²) in [5.74, 6) is 2.00. The number of fused-ring (bicyclic) bond motifs is 1. The van der Waals surface area contributed by atoms with Crippen LogP contribution in [0.25, 0.3) is 5.65 Å². The minimum absolute atomic E-state index is 0.166. The molecule has 2 atom stereocenters. The molecule has 0 aliphatic carbocycles. The third kappa shape index (κ3) is 7.32. The maximum atomic E-state index is 13.6. The van der Waals surface area contributed by atoms with E-state index in [9.17, 15) is 9.50 Å². The molecule has 2 aromatic heterocycles. The number of phenolic OH excluding ortho intramolecular Hbond substituents is 1. The van der Waals surface area contributed by atoms with Crippen molar-refractivity contribution in [3.05, 3.63) is 96.1 Å². The molecule has 0 saturated carbocycles. The monoisotopic (exact) mass is 519 g/mol. The highest BCUT2D eigenvalue weighted by molar-refractivity contribution is 5.49. The Hall–Kier alpha value is -4.40. The van der Waals surface area contributed by atoms with Crippen LogP contribution in [0.15, 0.2) is 79.1 Å². The number of nitrogens with zero attached hydrogens (tertiary/aromatic N) is 4. The Kier molecular flexibility index (Phi) is 9.81. The fourth-order valence-corrected chi connectivity index (χ4v) is 4.24. The molecule has 5 rings (SSSR count). The Morgan fingerprint density at radius 1 is 1.26 bits per heavy atom. The number of aryl methyl sites for hydroxylation is 1. The van der Waals surface area contributed by atoms with Crippen LogP contribution in [0.5, 0.6) is 11.5 Å². The zero-order valence-electron chi connectivity index (χ0n) is 21.9. The molecule has 1 aliphatic rings. The summed E-state index contributed by atoms with van der Waals surface area (Å²) in [7, 11) is 0. The van der Waals surface area contributed by atoms with Crippen molar-refractivity contribution in [3.63, 3.8) is 0 Å². The normalized spacial score (nSPS) is 16.2. The maximum Gasteiger partial charge on any atom is 0.204 e. The van der Waals surface area contributed by atoms with Gasteiger partial charge >= 0.3 is 0 Å². The largest absolute Gasteiger partial charge is 0.504 e. The van der Waals surface area contributed by atoms with Gasteiger partial charge in [-0.2, -0.15) is 0 Å². The van der Waals surface area contributed by atoms with Crippen molar-refractivity contribution in [3.8, 4) is 11.5 Å². The van der Waals surface area contributed by atoms with Crippen molar-refractivity contribution in [2.45, 2.75) is 33.2 Å². The van der Waals surface area contributed by atoms with Crippen LogP contribution >= 0.6 is 0 Å². The summed E-state index contributed by atoms with van der Waals surface area (Å²) in [5, 5.41) is 14.2. The summed E-state index contributed by atoms with van der Waals surface area (Å²) in [6, 6.07) is 16.4. The van der Waals surface area contributed by atoms with Gasteiger partial charge < -0.3 is 20.5 Å². The van der Waals surface area contributed by atoms with E-state index in [2.05, 4.69) is 34.2 Å². The second-order valence-corrected chi connectivity index (χ2v) is 9.29. The molecule has 1 saturated heterocycles. The Morgan fingerprint density at radius 3 is 2.71 bits per heavy atom. The molecule has 2 aromatic carbocycles. The number of para-hydroxylation sites is 1. The second kappa shape index (κ2) is 13.2. The number of primary amides is 1. The van der Waals surface area contributed by atoms with Gasteiger partial charge in [-0.05, 0) is 73.2 Å². The number of nitrogens with two attached hydrogens (primary N) is 1. The fraction of sp³-hybridized carbons (Fsp3) is 0.276. The molecule has 0 spiro atoms. The summed E-state index contributed by atoms with van der Waals surface area (Å²) < 4.78 is 20.7. The number of aromatic nitrogens is 3. The first-order valence-electron chi connectivity index (χ1n) is 12.3. The van der Waals surface area contributed by atoms with Crippen LogP contribution in [0.3, 0.4) is 0 Å². The van der Waals surface area contributed by atoms with Crippen molar-refractivity contribution in [2.24, 2.45) is 11.7 Å². The van der Waals surface area contributed by atoms with E-state index >= 15 is 0 Å². The molecule has 1 fully saturated rings. The summed E-state index contributed by atoms with van der Waals surface area (Å²) in [6.45, 7) is 11.0. The van der Waals surface area contributed by atoms with E-state index in [1.165, 1.54) is 6.07 Å². The number of aromatic hydroxyl groups is 1. The molecule has 8 nitrogen and oxygen atoms in total. The molecular weight excluding hydrogens is 485 g/mol. The van der Waals surface area contributed by atoms with Crippen molar-refractivity contribution in [1.29, 1.82) is 0 Å². The average Bonchev–Trinajstić information content (AvgIpc) is 3.52. The third-order valence-corrected chi connectivity index (χ3v) is 5.95. The molecular formula is C29H34FN5O3. The van der Waals surface area contributed by atoms with Crippen LogP contribution in [0, 0.1) is 18.7 Å². The SMILES string of the molecule is C=C(C)COc1cccc(C)c1O.C[C@H]1C[C@H](c2cccc(F)c2)N(c2ccc3nccn3n2)C1.NC=O. The molecule has 9 heteroatoms. The van der Waals surface area contributed by atoms with E-state index in [4.69, 9.17) is 9.53 Å². The Morgan fingerprint density at radius 2 is 2.00 bits per heavy atom. The van der Waals surface area contributed by atoms with Crippen molar-refractivity contribution >= 4 is 17.9 Å². The van der Waals surface area contributed by atoms with Crippen LogP contribution in [0.2, 0.25) is 0 Å². The van der Waals surface area contributed by atoms with Gasteiger partial charge in [-0.15, -0.1) is 5.10 Å². The van der Waals surface area contributed by atoms with Gasteiger partial charge in [-0.1, -0.05) is 37.8 Å². The lowest BCUT2D eigenvalue weighted by molar-refractivity contribution is -0.106. The number of benzene rings is 2. The zero-order valence-corrected chi connectivity index (χ0v) is 21.9. The predicted octanol–water partition coefficient (Wildman–Crippen LogP) is 5.21. The molecule has 0 bridgehead atoms. The molecule has 200 valence electrons. The van der Waals surface area contributed by atoms with E-state index in [0.29, 0.717) is 18.3 Å². The summed E-state index contributed by atoms with van der Waals surface area (Å²) in [6.07, 6.45) is 4.84. The lowest BCUT2D eigenvalue weighted by Crippen LogP contribution is -2.24. The van der Waals surface area contributed by atoms with Crippen LogP contribution in [0.4, 0.5) is 10.2 Å². The van der Waals surface area contributed by atoms with Gasteiger partial charge in [-0.3, -0.25) is 4.79 Å². The fourth-order valence-electron chi connectivity index (χ4n) is 4.24. The second-order valence-electron chi connectivity index (χ2n) is 9.29. The van der Waals surface area contributed by atoms with E-state index in [1.807, 2.05) is 50.4 Å². The van der Waals surface area contributed by atoms with Crippen LogP contribution in [-0.2, 0) is 4.79 Å². The molecule has 3 N–H and O–H groups in total. The number of rotatable bonds is 5. The number of carbonyl (C=O) groups is 1. The number of anilines is 1. The van der Waals surface area contributed by atoms with Crippen LogP contribution in [0.1, 0.15) is 37.4 Å². The number of hydrogen-bond donors (Lipinski definition) is 2. The molecule has 4 aromatic rings. The number of imidazole rings is 1. The Bertz CT molecular complexity index is 1370. The molecule has 0 radical (unpaired) electrons. The highest BCUT2D eigenvalue weighted by Gasteiger charge is 2.32. The van der Waals surface area contributed by atoms with Crippen molar-refractivity contribution in [1.82, 2.24) is 14.6 Å². The zero-order chi connectivity index (χ0) is 27.7. The summed E-state index contributed by atoms with van der Waals surface area (Å²) in [5.41, 5.74) is 7.76. The number of ether oxygens (including phenoxy) is 1. The van der Waals surface area contributed by atoms with Crippen LogP contribution in [-0.4, -0.2) is 39.3 Å². The smallest absolute Gasteiger partial charge is 0.204 e. The lowest BCUT2D eigenvalue weighted by atomic mass is 10.0. The predicted molar refractivity (Wildman–Crippen MR) is 147 cm³/mol. The van der Waals surface area contributed by atoms with Crippen molar-refractivity contribution < 1.29 is 19.0 Å². The third-order valence-electron chi connectivity index (χ3n) is 5.95. The van der Waals surface area contributed by atoms with E-state index in [-0.39, 0.29) is 24.0 Å². The number of amides is 1. The van der Waals surface area contributed by atoms with Crippen LogP contribution < -0.4 is 15.4 Å². The minimum atomic E-state index is -0.185. The topological polar surface area (TPSA) is 106 Å². The Balaban J connectivity index is 0.000000214. The molecule has 1 amide bonds. The molecule has 0 unspecified atom stereocenters. The van der Waals surface area contributed by atoms with Crippen molar-refractivity contribution in [2.75, 3.05) is 18.1 Å². The highest BCUT2D eigenvalue weighted by atomic mass is 19.1. The number of carbonyl (C=O) groups excluding carboxylic acids is 1. The first-order valence-corrected chi connectivity index (χ1v) is 12.3. The number of halogens is 1. The average molecular weight is 520 g/mol. The van der Waals surface area contributed by atoms with Gasteiger partial charge in [0.25, 0.3) is 0 Å². The number of phenols is 1. The minimum Gasteiger partial charge on any atom is -0.504 e. The van der Waals surface area contributed by atoms with Gasteiger partial charge in [0.15, 0.2) is 17.1 Å². The molecule has 38 heavy (non-hydrogen) atoms. The summed E-state index contributed by atoms with van der Waals surface area (Å²) in [4.78, 5) is 15.1. The summed E-state index contributed by atoms with van der Waals surface area (Å²) >= 11 is 0.